The van der Waals surface area contributed by atoms with Crippen LogP contribution in [0.3, 0.4) is 0 Å². The van der Waals surface area contributed by atoms with E-state index in [4.69, 9.17) is 10.5 Å². The smallest absolute Gasteiger partial charge is 0.492 e. The maximum absolute atomic E-state index is 13.3. The Labute approximate surface area is 151 Å². The number of benzene rings is 2. The molecule has 0 heterocycles. The molecule has 0 bridgehead atoms. The summed E-state index contributed by atoms with van der Waals surface area (Å²) in [6.07, 6.45) is -9.54. The molecule has 0 aliphatic carbocycles. The minimum atomic E-state index is -4.87. The SMILES string of the molecule is Cl.NCCOc1ccc(-c2ccc(OC(F)(F)F)cc2)c(C(F)(F)F)c1. The molecule has 0 aliphatic rings. The van der Waals surface area contributed by atoms with Crippen LogP contribution in [-0.2, 0) is 6.18 Å². The highest BCUT2D eigenvalue weighted by Crippen LogP contribution is 2.39. The van der Waals surface area contributed by atoms with Gasteiger partial charge in [0.15, 0.2) is 0 Å². The molecule has 2 aromatic rings. The molecule has 0 aliphatic heterocycles. The summed E-state index contributed by atoms with van der Waals surface area (Å²) in [5, 5.41) is 0. The third-order valence-electron chi connectivity index (χ3n) is 3.08. The van der Waals surface area contributed by atoms with Crippen molar-refractivity contribution in [1.29, 1.82) is 0 Å². The lowest BCUT2D eigenvalue weighted by Crippen LogP contribution is -2.17. The molecule has 3 nitrogen and oxygen atoms in total. The molecule has 0 atom stereocenters. The van der Waals surface area contributed by atoms with Crippen LogP contribution in [-0.4, -0.2) is 19.5 Å². The number of nitrogens with two attached hydrogens (primary N) is 1. The normalized spacial score (nSPS) is 11.7. The lowest BCUT2D eigenvalue weighted by molar-refractivity contribution is -0.274. The fourth-order valence-electron chi connectivity index (χ4n) is 2.11. The maximum Gasteiger partial charge on any atom is 0.573 e. The van der Waals surface area contributed by atoms with E-state index >= 15 is 0 Å². The van der Waals surface area contributed by atoms with Crippen molar-refractivity contribution >= 4 is 12.4 Å². The molecule has 0 saturated heterocycles. The van der Waals surface area contributed by atoms with Crippen LogP contribution >= 0.6 is 12.4 Å². The summed E-state index contributed by atoms with van der Waals surface area (Å²) in [7, 11) is 0. The van der Waals surface area contributed by atoms with Gasteiger partial charge in [0.1, 0.15) is 18.1 Å². The topological polar surface area (TPSA) is 44.5 Å². The van der Waals surface area contributed by atoms with Gasteiger partial charge >= 0.3 is 12.5 Å². The van der Waals surface area contributed by atoms with Gasteiger partial charge in [-0.1, -0.05) is 18.2 Å². The quantitative estimate of drug-likeness (QED) is 0.715. The number of hydrogen-bond donors (Lipinski definition) is 1. The number of rotatable bonds is 5. The number of hydrogen-bond acceptors (Lipinski definition) is 3. The van der Waals surface area contributed by atoms with Gasteiger partial charge in [-0.3, -0.25) is 0 Å². The van der Waals surface area contributed by atoms with E-state index in [0.29, 0.717) is 0 Å². The largest absolute Gasteiger partial charge is 0.573 e. The van der Waals surface area contributed by atoms with Crippen LogP contribution in [0.25, 0.3) is 11.1 Å². The lowest BCUT2D eigenvalue weighted by Gasteiger charge is -2.16. The maximum atomic E-state index is 13.3. The summed E-state index contributed by atoms with van der Waals surface area (Å²) in [6.45, 7) is 0.198. The van der Waals surface area contributed by atoms with Gasteiger partial charge in [-0.05, 0) is 35.4 Å². The fraction of sp³-hybridized carbons (Fsp3) is 0.250. The van der Waals surface area contributed by atoms with Crippen molar-refractivity contribution < 1.29 is 35.8 Å². The Hall–Kier alpha value is -2.13. The van der Waals surface area contributed by atoms with E-state index in [1.807, 2.05) is 0 Å². The molecular formula is C16H14ClF6NO2. The van der Waals surface area contributed by atoms with Crippen LogP contribution in [0.15, 0.2) is 42.5 Å². The second-order valence-corrected chi connectivity index (χ2v) is 4.91. The van der Waals surface area contributed by atoms with Crippen LogP contribution < -0.4 is 15.2 Å². The molecule has 144 valence electrons. The van der Waals surface area contributed by atoms with Crippen LogP contribution in [0.1, 0.15) is 5.56 Å². The van der Waals surface area contributed by atoms with Gasteiger partial charge < -0.3 is 15.2 Å². The molecule has 0 aromatic heterocycles. The van der Waals surface area contributed by atoms with Gasteiger partial charge in [0.25, 0.3) is 0 Å². The fourth-order valence-corrected chi connectivity index (χ4v) is 2.11. The average molecular weight is 402 g/mol. The van der Waals surface area contributed by atoms with Crippen molar-refractivity contribution in [3.63, 3.8) is 0 Å². The molecule has 0 amide bonds. The van der Waals surface area contributed by atoms with E-state index < -0.39 is 23.9 Å². The van der Waals surface area contributed by atoms with Crippen molar-refractivity contribution in [3.8, 4) is 22.6 Å². The van der Waals surface area contributed by atoms with Crippen molar-refractivity contribution in [2.24, 2.45) is 5.73 Å². The van der Waals surface area contributed by atoms with Crippen LogP contribution in [0, 0.1) is 0 Å². The van der Waals surface area contributed by atoms with Crippen LogP contribution in [0.2, 0.25) is 0 Å². The number of halogens is 7. The zero-order valence-electron chi connectivity index (χ0n) is 13.0. The summed E-state index contributed by atoms with van der Waals surface area (Å²) < 4.78 is 85.1. The van der Waals surface area contributed by atoms with Gasteiger partial charge in [-0.2, -0.15) is 13.2 Å². The summed E-state index contributed by atoms with van der Waals surface area (Å²) >= 11 is 0. The first kappa shape index (κ1) is 21.9. The summed E-state index contributed by atoms with van der Waals surface area (Å²) in [6, 6.07) is 7.47. The highest BCUT2D eigenvalue weighted by atomic mass is 35.5. The van der Waals surface area contributed by atoms with Gasteiger partial charge in [-0.25, -0.2) is 0 Å². The summed E-state index contributed by atoms with van der Waals surface area (Å²) in [4.78, 5) is 0. The van der Waals surface area contributed by atoms with Gasteiger partial charge in [0.2, 0.25) is 0 Å². The molecule has 2 N–H and O–H groups in total. The van der Waals surface area contributed by atoms with Crippen molar-refractivity contribution in [2.45, 2.75) is 12.5 Å². The van der Waals surface area contributed by atoms with Crippen molar-refractivity contribution in [3.05, 3.63) is 48.0 Å². The van der Waals surface area contributed by atoms with E-state index in [2.05, 4.69) is 4.74 Å². The minimum Gasteiger partial charge on any atom is -0.492 e. The summed E-state index contributed by atoms with van der Waals surface area (Å²) in [5.74, 6) is -0.522. The number of ether oxygens (including phenoxy) is 2. The van der Waals surface area contributed by atoms with E-state index in [1.165, 1.54) is 12.1 Å². The zero-order chi connectivity index (χ0) is 18.7. The predicted octanol–water partition coefficient (Wildman–Crippen LogP) is 5.03. The monoisotopic (exact) mass is 401 g/mol. The first-order valence-corrected chi connectivity index (χ1v) is 7.00. The standard InChI is InChI=1S/C16H13F6NO2.ClH/c17-15(18,19)14-9-12(24-8-7-23)5-6-13(14)10-1-3-11(4-2-10)25-16(20,21)22;/h1-6,9H,7-8,23H2;1H. The molecule has 0 radical (unpaired) electrons. The van der Waals surface area contributed by atoms with E-state index in [9.17, 15) is 26.3 Å². The Morgan fingerprint density at radius 3 is 1.92 bits per heavy atom. The highest BCUT2D eigenvalue weighted by molar-refractivity contribution is 5.85. The van der Waals surface area contributed by atoms with E-state index in [-0.39, 0.29) is 42.4 Å². The minimum absolute atomic E-state index is 0. The predicted molar refractivity (Wildman–Crippen MR) is 85.4 cm³/mol. The second kappa shape index (κ2) is 8.50. The third-order valence-corrected chi connectivity index (χ3v) is 3.08. The molecule has 2 aromatic carbocycles. The lowest BCUT2D eigenvalue weighted by atomic mass is 9.99. The Bertz CT molecular complexity index is 716. The average Bonchev–Trinajstić information content (AvgIpc) is 2.51. The van der Waals surface area contributed by atoms with Gasteiger partial charge in [0, 0.05) is 6.54 Å². The molecular weight excluding hydrogens is 388 g/mol. The molecule has 0 unspecified atom stereocenters. The Balaban J connectivity index is 0.00000338. The van der Waals surface area contributed by atoms with Crippen molar-refractivity contribution in [1.82, 2.24) is 0 Å². The molecule has 0 spiro atoms. The van der Waals surface area contributed by atoms with Gasteiger partial charge in [-0.15, -0.1) is 25.6 Å². The Morgan fingerprint density at radius 1 is 0.846 bits per heavy atom. The van der Waals surface area contributed by atoms with Crippen LogP contribution in [0.4, 0.5) is 26.3 Å². The zero-order valence-corrected chi connectivity index (χ0v) is 13.8. The highest BCUT2D eigenvalue weighted by Gasteiger charge is 2.34. The molecule has 26 heavy (non-hydrogen) atoms. The van der Waals surface area contributed by atoms with E-state index in [1.54, 1.807) is 0 Å². The van der Waals surface area contributed by atoms with Gasteiger partial charge in [0.05, 0.1) is 5.56 Å². The molecule has 0 fully saturated rings. The second-order valence-electron chi connectivity index (χ2n) is 4.91. The van der Waals surface area contributed by atoms with Crippen LogP contribution in [0.5, 0.6) is 11.5 Å². The third kappa shape index (κ3) is 5.99. The van der Waals surface area contributed by atoms with E-state index in [0.717, 1.165) is 30.3 Å². The Morgan fingerprint density at radius 2 is 1.42 bits per heavy atom. The first-order valence-electron chi connectivity index (χ1n) is 7.00. The molecule has 0 saturated carbocycles. The molecule has 2 rings (SSSR count). The van der Waals surface area contributed by atoms with Crippen molar-refractivity contribution in [2.75, 3.05) is 13.2 Å². The Kier molecular flexibility index (Phi) is 7.16. The first-order chi connectivity index (χ1) is 11.6. The number of alkyl halides is 6. The summed E-state index contributed by atoms with van der Waals surface area (Å²) in [5.41, 5.74) is 4.17. The molecule has 10 heteroatoms.